The van der Waals surface area contributed by atoms with Gasteiger partial charge in [0.15, 0.2) is 5.75 Å². The van der Waals surface area contributed by atoms with Gasteiger partial charge in [-0.2, -0.15) is 5.10 Å². The zero-order valence-electron chi connectivity index (χ0n) is 12.3. The Balaban J connectivity index is 1.99. The van der Waals surface area contributed by atoms with Crippen LogP contribution in [-0.2, 0) is 6.54 Å². The Labute approximate surface area is 120 Å². The highest BCUT2D eigenvalue weighted by Gasteiger charge is 2.05. The van der Waals surface area contributed by atoms with Crippen molar-refractivity contribution < 1.29 is 4.74 Å². The Hall–Kier alpha value is -1.88. The molecule has 0 saturated heterocycles. The molecule has 0 saturated carbocycles. The number of nitrogens with zero attached hydrogens (tertiary/aromatic N) is 3. The van der Waals surface area contributed by atoms with Crippen LogP contribution >= 0.6 is 0 Å². The fourth-order valence-corrected chi connectivity index (χ4v) is 1.80. The number of hydrogen-bond donors (Lipinski definition) is 1. The molecule has 2 rings (SSSR count). The average molecular weight is 274 g/mol. The van der Waals surface area contributed by atoms with Crippen molar-refractivity contribution in [3.05, 3.63) is 36.3 Å². The van der Waals surface area contributed by atoms with E-state index >= 15 is 0 Å². The minimum absolute atomic E-state index is 0.324. The van der Waals surface area contributed by atoms with Crippen molar-refractivity contribution in [2.75, 3.05) is 6.54 Å². The van der Waals surface area contributed by atoms with E-state index in [9.17, 15) is 0 Å². The van der Waals surface area contributed by atoms with E-state index in [1.807, 2.05) is 23.0 Å². The van der Waals surface area contributed by atoms with E-state index in [1.165, 1.54) is 5.56 Å². The lowest BCUT2D eigenvalue weighted by molar-refractivity contribution is 0.458. The van der Waals surface area contributed by atoms with E-state index in [2.05, 4.69) is 36.2 Å². The van der Waals surface area contributed by atoms with E-state index in [4.69, 9.17) is 4.74 Å². The van der Waals surface area contributed by atoms with E-state index in [-0.39, 0.29) is 0 Å². The molecule has 108 valence electrons. The molecule has 0 bridgehead atoms. The molecule has 0 unspecified atom stereocenters. The van der Waals surface area contributed by atoms with Crippen LogP contribution in [0.4, 0.5) is 0 Å². The number of nitrogens with one attached hydrogen (secondary N) is 1. The Morgan fingerprint density at radius 3 is 2.95 bits per heavy atom. The van der Waals surface area contributed by atoms with Crippen LogP contribution in [-0.4, -0.2) is 21.3 Å². The van der Waals surface area contributed by atoms with Gasteiger partial charge < -0.3 is 10.1 Å². The number of ether oxygens (including phenoxy) is 1. The van der Waals surface area contributed by atoms with Gasteiger partial charge in [0, 0.05) is 24.8 Å². The van der Waals surface area contributed by atoms with Gasteiger partial charge in [-0.3, -0.25) is 4.68 Å². The quantitative estimate of drug-likeness (QED) is 0.788. The predicted molar refractivity (Wildman–Crippen MR) is 78.9 cm³/mol. The minimum Gasteiger partial charge on any atom is -0.436 e. The lowest BCUT2D eigenvalue weighted by Gasteiger charge is -2.06. The summed E-state index contributed by atoms with van der Waals surface area (Å²) in [5.41, 5.74) is 1.17. The van der Waals surface area contributed by atoms with Crippen molar-refractivity contribution in [3.63, 3.8) is 0 Å². The van der Waals surface area contributed by atoms with Gasteiger partial charge in [0.25, 0.3) is 0 Å². The second-order valence-corrected chi connectivity index (χ2v) is 5.03. The molecule has 0 fully saturated rings. The number of hydrogen-bond acceptors (Lipinski definition) is 4. The molecular formula is C15H22N4O. The van der Waals surface area contributed by atoms with Gasteiger partial charge in [-0.25, -0.2) is 4.98 Å². The van der Waals surface area contributed by atoms with Gasteiger partial charge in [0.05, 0.1) is 12.4 Å². The molecule has 5 nitrogen and oxygen atoms in total. The molecule has 2 aromatic rings. The van der Waals surface area contributed by atoms with Gasteiger partial charge >= 0.3 is 0 Å². The summed E-state index contributed by atoms with van der Waals surface area (Å²) in [6.45, 7) is 8.15. The van der Waals surface area contributed by atoms with Gasteiger partial charge in [-0.15, -0.1) is 0 Å². The van der Waals surface area contributed by atoms with Crippen LogP contribution in [0.5, 0.6) is 11.6 Å². The maximum absolute atomic E-state index is 5.73. The van der Waals surface area contributed by atoms with Crippen LogP contribution in [0, 0.1) is 0 Å². The number of rotatable bonds is 7. The highest BCUT2D eigenvalue weighted by molar-refractivity contribution is 5.25. The highest BCUT2D eigenvalue weighted by Crippen LogP contribution is 2.20. The summed E-state index contributed by atoms with van der Waals surface area (Å²) in [7, 11) is 0. The first-order valence-corrected chi connectivity index (χ1v) is 7.06. The molecule has 0 aromatic carbocycles. The Morgan fingerprint density at radius 2 is 2.25 bits per heavy atom. The third kappa shape index (κ3) is 4.06. The molecule has 0 spiro atoms. The molecule has 20 heavy (non-hydrogen) atoms. The zero-order chi connectivity index (χ0) is 14.4. The largest absolute Gasteiger partial charge is 0.436 e. The molecule has 0 radical (unpaired) electrons. The molecule has 0 aliphatic rings. The molecule has 0 amide bonds. The maximum Gasteiger partial charge on any atom is 0.219 e. The minimum atomic E-state index is 0.324. The van der Waals surface area contributed by atoms with Crippen LogP contribution in [0.25, 0.3) is 0 Å². The van der Waals surface area contributed by atoms with Gasteiger partial charge in [-0.05, 0) is 38.4 Å². The monoisotopic (exact) mass is 274 g/mol. The average Bonchev–Trinajstić information content (AvgIpc) is 2.88. The standard InChI is InChI=1S/C15H22N4O/c1-4-6-16-9-13-5-7-17-15(8-13)20-14-10-18-19(11-14)12(2)3/h5,7-8,10-12,16H,4,6,9H2,1-3H3. The van der Waals surface area contributed by atoms with Gasteiger partial charge in [0.1, 0.15) is 0 Å². The lowest BCUT2D eigenvalue weighted by atomic mass is 10.2. The van der Waals surface area contributed by atoms with Crippen LogP contribution in [0.2, 0.25) is 0 Å². The van der Waals surface area contributed by atoms with Crippen molar-refractivity contribution in [3.8, 4) is 11.6 Å². The van der Waals surface area contributed by atoms with Crippen LogP contribution in [0.3, 0.4) is 0 Å². The molecule has 5 heteroatoms. The van der Waals surface area contributed by atoms with E-state index in [1.54, 1.807) is 12.4 Å². The second kappa shape index (κ2) is 7.05. The summed E-state index contributed by atoms with van der Waals surface area (Å²) in [5, 5.41) is 7.61. The molecular weight excluding hydrogens is 252 g/mol. The van der Waals surface area contributed by atoms with E-state index in [0.29, 0.717) is 17.7 Å². The smallest absolute Gasteiger partial charge is 0.219 e. The van der Waals surface area contributed by atoms with Crippen LogP contribution in [0.1, 0.15) is 38.8 Å². The van der Waals surface area contributed by atoms with Crippen LogP contribution in [0.15, 0.2) is 30.7 Å². The first-order valence-electron chi connectivity index (χ1n) is 7.06. The normalized spacial score (nSPS) is 11.0. The summed E-state index contributed by atoms with van der Waals surface area (Å²) in [5.74, 6) is 1.31. The lowest BCUT2D eigenvalue weighted by Crippen LogP contribution is -2.13. The van der Waals surface area contributed by atoms with Crippen LogP contribution < -0.4 is 10.1 Å². The van der Waals surface area contributed by atoms with E-state index in [0.717, 1.165) is 19.5 Å². The third-order valence-corrected chi connectivity index (χ3v) is 2.88. The van der Waals surface area contributed by atoms with Gasteiger partial charge in [0.2, 0.25) is 5.88 Å². The maximum atomic E-state index is 5.73. The highest BCUT2D eigenvalue weighted by atomic mass is 16.5. The molecule has 0 atom stereocenters. The summed E-state index contributed by atoms with van der Waals surface area (Å²) < 4.78 is 7.60. The van der Waals surface area contributed by atoms with Crippen molar-refractivity contribution in [2.45, 2.75) is 39.8 Å². The van der Waals surface area contributed by atoms with Gasteiger partial charge in [-0.1, -0.05) is 6.92 Å². The van der Waals surface area contributed by atoms with Crippen molar-refractivity contribution in [2.24, 2.45) is 0 Å². The van der Waals surface area contributed by atoms with E-state index < -0.39 is 0 Å². The molecule has 0 aliphatic carbocycles. The third-order valence-electron chi connectivity index (χ3n) is 2.88. The fourth-order valence-electron chi connectivity index (χ4n) is 1.80. The van der Waals surface area contributed by atoms with Crippen molar-refractivity contribution >= 4 is 0 Å². The summed E-state index contributed by atoms with van der Waals surface area (Å²) in [6, 6.07) is 4.27. The zero-order valence-corrected chi connectivity index (χ0v) is 12.3. The molecule has 1 N–H and O–H groups in total. The first-order chi connectivity index (χ1) is 9.69. The first kappa shape index (κ1) is 14.5. The summed E-state index contributed by atoms with van der Waals surface area (Å²) in [6.07, 6.45) is 6.49. The topological polar surface area (TPSA) is 52.0 Å². The van der Waals surface area contributed by atoms with Crippen molar-refractivity contribution in [1.29, 1.82) is 0 Å². The van der Waals surface area contributed by atoms with Crippen molar-refractivity contribution in [1.82, 2.24) is 20.1 Å². The fraction of sp³-hybridized carbons (Fsp3) is 0.467. The summed E-state index contributed by atoms with van der Waals surface area (Å²) in [4.78, 5) is 4.23. The number of aromatic nitrogens is 3. The summed E-state index contributed by atoms with van der Waals surface area (Å²) >= 11 is 0. The molecule has 2 aromatic heterocycles. The Bertz CT molecular complexity index is 536. The number of pyridine rings is 1. The second-order valence-electron chi connectivity index (χ2n) is 5.03. The predicted octanol–water partition coefficient (Wildman–Crippen LogP) is 3.15. The Morgan fingerprint density at radius 1 is 1.40 bits per heavy atom. The SMILES string of the molecule is CCCNCc1ccnc(Oc2cnn(C(C)C)c2)c1. The Kier molecular flexibility index (Phi) is 5.12. The molecule has 2 heterocycles. The molecule has 0 aliphatic heterocycles.